The van der Waals surface area contributed by atoms with E-state index >= 15 is 0 Å². The van der Waals surface area contributed by atoms with Gasteiger partial charge in [0.25, 0.3) is 5.91 Å². The number of likely N-dealkylation sites (tertiary alicyclic amines) is 1. The van der Waals surface area contributed by atoms with Crippen LogP contribution in [-0.2, 0) is 11.2 Å². The summed E-state index contributed by atoms with van der Waals surface area (Å²) >= 11 is 1.14. The summed E-state index contributed by atoms with van der Waals surface area (Å²) in [5.41, 5.74) is 0.879. The number of nitrogens with zero attached hydrogens (tertiary/aromatic N) is 1. The molecule has 1 aromatic carbocycles. The third kappa shape index (κ3) is 6.75. The zero-order valence-corrected chi connectivity index (χ0v) is 19.6. The Morgan fingerprint density at radius 2 is 2.03 bits per heavy atom. The van der Waals surface area contributed by atoms with Crippen molar-refractivity contribution in [1.82, 2.24) is 4.90 Å². The molecule has 1 fully saturated rings. The molecule has 1 amide bonds. The molecule has 8 heteroatoms. The number of thiophene rings is 1. The van der Waals surface area contributed by atoms with E-state index in [1.165, 1.54) is 18.2 Å². The van der Waals surface area contributed by atoms with Gasteiger partial charge in [-0.25, -0.2) is 4.79 Å². The molecule has 3 rings (SSSR count). The lowest BCUT2D eigenvalue weighted by atomic mass is 9.99. The van der Waals surface area contributed by atoms with Crippen molar-refractivity contribution in [2.75, 3.05) is 6.54 Å². The molecule has 0 unspecified atom stereocenters. The van der Waals surface area contributed by atoms with Crippen LogP contribution in [0.5, 0.6) is 0 Å². The van der Waals surface area contributed by atoms with E-state index in [9.17, 15) is 23.5 Å². The van der Waals surface area contributed by atoms with Crippen LogP contribution in [0.2, 0.25) is 0 Å². The number of amides is 1. The number of aryl methyl sites for hydroxylation is 1. The van der Waals surface area contributed by atoms with Crippen LogP contribution in [0, 0.1) is 17.8 Å². The van der Waals surface area contributed by atoms with E-state index in [0.717, 1.165) is 26.7 Å². The van der Waals surface area contributed by atoms with Gasteiger partial charge in [-0.2, -0.15) is 8.78 Å². The Kier molecular flexibility index (Phi) is 8.59. The van der Waals surface area contributed by atoms with Crippen LogP contribution in [0.4, 0.5) is 8.78 Å². The van der Waals surface area contributed by atoms with Crippen molar-refractivity contribution in [1.29, 1.82) is 0 Å². The molecule has 1 aromatic heterocycles. The molecule has 1 saturated heterocycles. The van der Waals surface area contributed by atoms with E-state index in [1.54, 1.807) is 6.07 Å². The monoisotopic (exact) mass is 487 g/mol. The molecule has 0 radical (unpaired) electrons. The summed E-state index contributed by atoms with van der Waals surface area (Å²) in [6.45, 7) is 1.95. The van der Waals surface area contributed by atoms with E-state index < -0.39 is 36.4 Å². The number of hydrogen-bond donors (Lipinski definition) is 2. The van der Waals surface area contributed by atoms with Crippen LogP contribution in [0.1, 0.15) is 46.3 Å². The number of aliphatic hydroxyl groups excluding tert-OH is 1. The molecule has 0 aliphatic carbocycles. The molecule has 0 bridgehead atoms. The molecule has 5 nitrogen and oxygen atoms in total. The van der Waals surface area contributed by atoms with Crippen molar-refractivity contribution in [3.63, 3.8) is 0 Å². The van der Waals surface area contributed by atoms with Gasteiger partial charge >= 0.3 is 11.9 Å². The van der Waals surface area contributed by atoms with E-state index in [2.05, 4.69) is 11.8 Å². The number of carbonyl (C=O) groups excluding carboxylic acids is 1. The maximum absolute atomic E-state index is 14.1. The molecule has 2 heterocycles. The summed E-state index contributed by atoms with van der Waals surface area (Å²) in [5, 5.41) is 19.4. The second kappa shape index (κ2) is 11.4. The van der Waals surface area contributed by atoms with Gasteiger partial charge in [-0.15, -0.1) is 11.3 Å². The van der Waals surface area contributed by atoms with E-state index in [1.807, 2.05) is 37.3 Å². The zero-order valence-electron chi connectivity index (χ0n) is 18.8. The largest absolute Gasteiger partial charge is 0.477 e. The first-order valence-electron chi connectivity index (χ1n) is 11.1. The first kappa shape index (κ1) is 25.6. The molecule has 3 atom stereocenters. The summed E-state index contributed by atoms with van der Waals surface area (Å²) < 4.78 is 28.2. The fourth-order valence-electron chi connectivity index (χ4n) is 3.70. The number of benzene rings is 1. The van der Waals surface area contributed by atoms with Crippen LogP contribution in [-0.4, -0.2) is 51.6 Å². The minimum atomic E-state index is -3.44. The Morgan fingerprint density at radius 1 is 1.29 bits per heavy atom. The average Bonchev–Trinajstić information content (AvgIpc) is 3.36. The Labute approximate surface area is 201 Å². The molecule has 0 spiro atoms. The molecule has 2 N–H and O–H groups in total. The number of carboxylic acid groups (broad SMARTS) is 1. The van der Waals surface area contributed by atoms with Gasteiger partial charge in [-0.3, -0.25) is 4.79 Å². The Hall–Kier alpha value is -3.02. The number of carbonyl (C=O) groups is 2. The lowest BCUT2D eigenvalue weighted by Gasteiger charge is -2.22. The lowest BCUT2D eigenvalue weighted by Crippen LogP contribution is -2.36. The quantitative estimate of drug-likeness (QED) is 0.400. The summed E-state index contributed by atoms with van der Waals surface area (Å²) in [5.74, 6) is 0.191. The van der Waals surface area contributed by atoms with Gasteiger partial charge in [0.1, 0.15) is 4.88 Å². The van der Waals surface area contributed by atoms with Crippen LogP contribution in [0.25, 0.3) is 0 Å². The summed E-state index contributed by atoms with van der Waals surface area (Å²) in [6, 6.07) is 11.9. The van der Waals surface area contributed by atoms with Crippen LogP contribution in [0.3, 0.4) is 0 Å². The first-order valence-corrected chi connectivity index (χ1v) is 11.9. The van der Waals surface area contributed by atoms with Gasteiger partial charge in [0, 0.05) is 29.8 Å². The van der Waals surface area contributed by atoms with Crippen LogP contribution < -0.4 is 0 Å². The molecule has 2 aromatic rings. The highest BCUT2D eigenvalue weighted by molar-refractivity contribution is 7.13. The maximum atomic E-state index is 14.1. The van der Waals surface area contributed by atoms with Crippen molar-refractivity contribution in [3.05, 3.63) is 69.9 Å². The molecule has 0 saturated carbocycles. The van der Waals surface area contributed by atoms with E-state index in [-0.39, 0.29) is 17.3 Å². The Bertz CT molecular complexity index is 1090. The Balaban J connectivity index is 1.56. The summed E-state index contributed by atoms with van der Waals surface area (Å²) in [6.07, 6.45) is 2.81. The third-order valence-electron chi connectivity index (χ3n) is 5.68. The fraction of sp³-hybridized carbons (Fsp3) is 0.385. The third-order valence-corrected chi connectivity index (χ3v) is 6.81. The summed E-state index contributed by atoms with van der Waals surface area (Å²) in [7, 11) is 0. The van der Waals surface area contributed by atoms with Crippen LogP contribution in [0.15, 0.2) is 54.6 Å². The van der Waals surface area contributed by atoms with Gasteiger partial charge in [-0.1, -0.05) is 49.1 Å². The fourth-order valence-corrected chi connectivity index (χ4v) is 4.59. The number of alkyl halides is 2. The number of carboxylic acids is 1. The van der Waals surface area contributed by atoms with Gasteiger partial charge in [0.05, 0.1) is 12.1 Å². The SMILES string of the molecule is C[C@@H](CC#Cc1ccccc1)[C@@H](O)C=C[C@H]1CC(F)(F)C(=O)N1CCCc1ccc(C(=O)O)s1. The number of rotatable bonds is 9. The van der Waals surface area contributed by atoms with Gasteiger partial charge < -0.3 is 15.1 Å². The number of aromatic carboxylic acids is 1. The van der Waals surface area contributed by atoms with E-state index in [4.69, 9.17) is 5.11 Å². The smallest absolute Gasteiger partial charge is 0.345 e. The highest BCUT2D eigenvalue weighted by Gasteiger charge is 2.52. The van der Waals surface area contributed by atoms with Gasteiger partial charge in [0.15, 0.2) is 0 Å². The van der Waals surface area contributed by atoms with Crippen molar-refractivity contribution < 1.29 is 28.6 Å². The Morgan fingerprint density at radius 3 is 2.71 bits per heavy atom. The second-order valence-corrected chi connectivity index (χ2v) is 9.54. The lowest BCUT2D eigenvalue weighted by molar-refractivity contribution is -0.148. The average molecular weight is 488 g/mol. The predicted molar refractivity (Wildman–Crippen MR) is 127 cm³/mol. The van der Waals surface area contributed by atoms with Crippen molar-refractivity contribution in [3.8, 4) is 11.8 Å². The van der Waals surface area contributed by atoms with Crippen molar-refractivity contribution in [2.45, 2.75) is 50.7 Å². The van der Waals surface area contributed by atoms with Gasteiger partial charge in [0.2, 0.25) is 0 Å². The van der Waals surface area contributed by atoms with E-state index in [0.29, 0.717) is 19.3 Å². The minimum Gasteiger partial charge on any atom is -0.477 e. The number of hydrogen-bond acceptors (Lipinski definition) is 4. The number of halogens is 2. The molecular formula is C26H27F2NO4S. The highest BCUT2D eigenvalue weighted by Crippen LogP contribution is 2.34. The topological polar surface area (TPSA) is 77.8 Å². The molecule has 34 heavy (non-hydrogen) atoms. The normalized spacial score (nSPS) is 19.1. The second-order valence-electron chi connectivity index (χ2n) is 8.37. The molecule has 1 aliphatic heterocycles. The molecular weight excluding hydrogens is 460 g/mol. The molecule has 1 aliphatic rings. The predicted octanol–water partition coefficient (Wildman–Crippen LogP) is 4.61. The maximum Gasteiger partial charge on any atom is 0.345 e. The zero-order chi connectivity index (χ0) is 24.7. The summed E-state index contributed by atoms with van der Waals surface area (Å²) in [4.78, 5) is 25.4. The standard InChI is InChI=1S/C26H27F2NO4S/c1-18(7-5-10-19-8-3-2-4-9-19)22(30)14-12-20-17-26(27,28)25(33)29(20)16-6-11-21-13-15-23(34-21)24(31)32/h2-4,8-9,12-15,18,20,22,30H,6-7,11,16-17H2,1H3,(H,31,32)/t18-,20-,22-/m0/s1. The van der Waals surface area contributed by atoms with Gasteiger partial charge in [-0.05, 0) is 43.0 Å². The van der Waals surface area contributed by atoms with Crippen molar-refractivity contribution in [2.24, 2.45) is 5.92 Å². The van der Waals surface area contributed by atoms with Crippen molar-refractivity contribution >= 4 is 23.2 Å². The van der Waals surface area contributed by atoms with Crippen LogP contribution >= 0.6 is 11.3 Å². The molecule has 180 valence electrons. The minimum absolute atomic E-state index is 0.123. The highest BCUT2D eigenvalue weighted by atomic mass is 32.1. The first-order chi connectivity index (χ1) is 16.2. The number of aliphatic hydroxyl groups is 1.